The number of carbonyl (C=O) groups is 1. The van der Waals surface area contributed by atoms with E-state index in [0.717, 1.165) is 5.56 Å². The highest BCUT2D eigenvalue weighted by molar-refractivity contribution is 5.66. The fourth-order valence-corrected chi connectivity index (χ4v) is 1.97. The van der Waals surface area contributed by atoms with Gasteiger partial charge in [0.25, 0.3) is 0 Å². The monoisotopic (exact) mass is 236 g/mol. The Hall–Kier alpha value is -1.55. The molecule has 4 heteroatoms. The average molecular weight is 236 g/mol. The Kier molecular flexibility index (Phi) is 4.97. The van der Waals surface area contributed by atoms with Crippen LogP contribution in [0.2, 0.25) is 0 Å². The van der Waals surface area contributed by atoms with Crippen LogP contribution in [-0.2, 0) is 0 Å². The molecular formula is C13H20N2O2. The predicted octanol–water partition coefficient (Wildman–Crippen LogP) is 2.81. The van der Waals surface area contributed by atoms with E-state index in [9.17, 15) is 9.90 Å². The number of hydrogen-bond donors (Lipinski definition) is 2. The molecule has 0 aliphatic rings. The maximum Gasteiger partial charge on any atom is 0.409 e. The van der Waals surface area contributed by atoms with E-state index in [1.54, 1.807) is 0 Å². The Bertz CT molecular complexity index is 354. The summed E-state index contributed by atoms with van der Waals surface area (Å²) in [7, 11) is 0. The molecule has 94 valence electrons. The van der Waals surface area contributed by atoms with Gasteiger partial charge in [0.2, 0.25) is 0 Å². The van der Waals surface area contributed by atoms with Crippen molar-refractivity contribution in [3.8, 4) is 0 Å². The number of rotatable bonds is 5. The van der Waals surface area contributed by atoms with Gasteiger partial charge in [-0.3, -0.25) is 4.90 Å². The molecule has 0 spiro atoms. The van der Waals surface area contributed by atoms with E-state index < -0.39 is 12.3 Å². The van der Waals surface area contributed by atoms with E-state index in [1.165, 1.54) is 4.90 Å². The van der Waals surface area contributed by atoms with Crippen LogP contribution in [0.4, 0.5) is 4.79 Å². The summed E-state index contributed by atoms with van der Waals surface area (Å²) in [5.74, 6) is 0. The van der Waals surface area contributed by atoms with Gasteiger partial charge in [-0.2, -0.15) is 0 Å². The van der Waals surface area contributed by atoms with Gasteiger partial charge in [0.05, 0.1) is 12.2 Å². The molecule has 1 aromatic rings. The second-order valence-corrected chi connectivity index (χ2v) is 4.00. The van der Waals surface area contributed by atoms with Crippen LogP contribution in [0.3, 0.4) is 0 Å². The first-order chi connectivity index (χ1) is 8.11. The Labute approximate surface area is 102 Å². The van der Waals surface area contributed by atoms with Crippen LogP contribution in [0, 0.1) is 0 Å². The van der Waals surface area contributed by atoms with E-state index in [0.29, 0.717) is 12.8 Å². The third-order valence-electron chi connectivity index (χ3n) is 2.90. The maximum atomic E-state index is 11.3. The molecular weight excluding hydrogens is 216 g/mol. The molecule has 17 heavy (non-hydrogen) atoms. The van der Waals surface area contributed by atoms with Crippen molar-refractivity contribution in [1.82, 2.24) is 4.90 Å². The summed E-state index contributed by atoms with van der Waals surface area (Å²) in [4.78, 5) is 12.7. The van der Waals surface area contributed by atoms with Gasteiger partial charge in [-0.1, -0.05) is 44.2 Å². The van der Waals surface area contributed by atoms with E-state index in [1.807, 2.05) is 44.2 Å². The molecule has 0 radical (unpaired) electrons. The van der Waals surface area contributed by atoms with Gasteiger partial charge in [0.1, 0.15) is 0 Å². The van der Waals surface area contributed by atoms with Crippen LogP contribution in [0.25, 0.3) is 0 Å². The van der Waals surface area contributed by atoms with Crippen LogP contribution in [0.5, 0.6) is 0 Å². The number of hydrogen-bond acceptors (Lipinski definition) is 2. The molecule has 1 aromatic carbocycles. The minimum Gasteiger partial charge on any atom is -0.465 e. The summed E-state index contributed by atoms with van der Waals surface area (Å²) in [6, 6.07) is 9.44. The second kappa shape index (κ2) is 6.25. The molecule has 1 rings (SSSR count). The number of benzene rings is 1. The van der Waals surface area contributed by atoms with Gasteiger partial charge in [0.15, 0.2) is 0 Å². The lowest BCUT2D eigenvalue weighted by Crippen LogP contribution is -2.46. The van der Waals surface area contributed by atoms with Gasteiger partial charge < -0.3 is 10.8 Å². The van der Waals surface area contributed by atoms with Crippen molar-refractivity contribution in [1.29, 1.82) is 0 Å². The van der Waals surface area contributed by atoms with Crippen molar-refractivity contribution < 1.29 is 9.90 Å². The second-order valence-electron chi connectivity index (χ2n) is 4.00. The minimum absolute atomic E-state index is 0.177. The molecule has 3 N–H and O–H groups in total. The number of nitrogens with two attached hydrogens (primary N) is 1. The van der Waals surface area contributed by atoms with Crippen LogP contribution in [0.15, 0.2) is 30.3 Å². The topological polar surface area (TPSA) is 66.6 Å². The zero-order chi connectivity index (χ0) is 12.8. The van der Waals surface area contributed by atoms with Crippen molar-refractivity contribution >= 4 is 6.09 Å². The summed E-state index contributed by atoms with van der Waals surface area (Å²) in [5, 5.41) is 9.28. The smallest absolute Gasteiger partial charge is 0.409 e. The third-order valence-corrected chi connectivity index (χ3v) is 2.90. The minimum atomic E-state index is -0.963. The zero-order valence-electron chi connectivity index (χ0n) is 10.3. The molecule has 1 amide bonds. The van der Waals surface area contributed by atoms with Gasteiger partial charge in [-0.25, -0.2) is 4.79 Å². The molecule has 0 aromatic heterocycles. The molecule has 0 heterocycles. The lowest BCUT2D eigenvalue weighted by molar-refractivity contribution is 0.0956. The molecule has 0 saturated carbocycles. The highest BCUT2D eigenvalue weighted by Crippen LogP contribution is 2.25. The molecule has 2 unspecified atom stereocenters. The fraction of sp³-hybridized carbons (Fsp3) is 0.462. The maximum absolute atomic E-state index is 11.3. The molecule has 4 nitrogen and oxygen atoms in total. The van der Waals surface area contributed by atoms with E-state index in [-0.39, 0.29) is 6.04 Å². The van der Waals surface area contributed by atoms with Gasteiger partial charge >= 0.3 is 6.09 Å². The average Bonchev–Trinajstić information content (AvgIpc) is 2.35. The van der Waals surface area contributed by atoms with Crippen molar-refractivity contribution in [2.75, 3.05) is 0 Å². The number of nitrogens with zero attached hydrogens (tertiary/aromatic N) is 1. The summed E-state index contributed by atoms with van der Waals surface area (Å²) in [6.45, 7) is 3.86. The molecule has 0 aliphatic heterocycles. The Morgan fingerprint density at radius 2 is 1.88 bits per heavy atom. The molecule has 0 saturated heterocycles. The first kappa shape index (κ1) is 13.5. The van der Waals surface area contributed by atoms with Gasteiger partial charge in [-0.15, -0.1) is 0 Å². The van der Waals surface area contributed by atoms with Crippen LogP contribution in [-0.4, -0.2) is 22.3 Å². The number of carboxylic acid groups (broad SMARTS) is 1. The Morgan fingerprint density at radius 1 is 1.29 bits per heavy atom. The molecule has 2 atom stereocenters. The van der Waals surface area contributed by atoms with Crippen LogP contribution >= 0.6 is 0 Å². The Morgan fingerprint density at radius 3 is 2.29 bits per heavy atom. The summed E-state index contributed by atoms with van der Waals surface area (Å²) in [5.41, 5.74) is 6.86. The number of amides is 1. The van der Waals surface area contributed by atoms with E-state index in [4.69, 9.17) is 5.73 Å². The zero-order valence-corrected chi connectivity index (χ0v) is 10.3. The van der Waals surface area contributed by atoms with E-state index >= 15 is 0 Å². The van der Waals surface area contributed by atoms with Crippen LogP contribution < -0.4 is 5.73 Å². The first-order valence-corrected chi connectivity index (χ1v) is 5.93. The van der Waals surface area contributed by atoms with Gasteiger partial charge in [-0.05, 0) is 18.4 Å². The first-order valence-electron chi connectivity index (χ1n) is 5.93. The normalized spacial score (nSPS) is 14.1. The molecule has 0 bridgehead atoms. The highest BCUT2D eigenvalue weighted by Gasteiger charge is 2.27. The van der Waals surface area contributed by atoms with Crippen molar-refractivity contribution in [3.63, 3.8) is 0 Å². The Balaban J connectivity index is 3.02. The third kappa shape index (κ3) is 3.20. The largest absolute Gasteiger partial charge is 0.465 e. The highest BCUT2D eigenvalue weighted by atomic mass is 16.4. The quantitative estimate of drug-likeness (QED) is 0.772. The van der Waals surface area contributed by atoms with Crippen LogP contribution in [0.1, 0.15) is 38.3 Å². The summed E-state index contributed by atoms with van der Waals surface area (Å²) < 4.78 is 0. The standard InChI is InChI=1S/C13H20N2O2/c1-3-11(10-8-6-5-7-9-10)15(13(16)17)12(14)4-2/h5-9,11-12H,3-4,14H2,1-2H3,(H,16,17). The van der Waals surface area contributed by atoms with Crippen molar-refractivity contribution in [2.24, 2.45) is 5.73 Å². The van der Waals surface area contributed by atoms with Crippen molar-refractivity contribution in [3.05, 3.63) is 35.9 Å². The predicted molar refractivity (Wildman–Crippen MR) is 67.6 cm³/mol. The summed E-state index contributed by atoms with van der Waals surface area (Å²) >= 11 is 0. The van der Waals surface area contributed by atoms with E-state index in [2.05, 4.69) is 0 Å². The lowest BCUT2D eigenvalue weighted by Gasteiger charge is -2.33. The summed E-state index contributed by atoms with van der Waals surface area (Å²) in [6.07, 6.45) is -0.104. The van der Waals surface area contributed by atoms with Crippen molar-refractivity contribution in [2.45, 2.75) is 38.9 Å². The SMILES string of the molecule is CCC(N)N(C(=O)O)C(CC)c1ccccc1. The fourth-order valence-electron chi connectivity index (χ4n) is 1.97. The molecule has 0 aliphatic carbocycles. The van der Waals surface area contributed by atoms with Gasteiger partial charge in [0, 0.05) is 0 Å². The lowest BCUT2D eigenvalue weighted by atomic mass is 10.0. The molecule has 0 fully saturated rings.